The number of likely N-dealkylation sites (N-methyl/N-ethyl adjacent to an activating group) is 1. The van der Waals surface area contributed by atoms with Crippen molar-refractivity contribution >= 4 is 17.4 Å². The molecule has 102 valence electrons. The van der Waals surface area contributed by atoms with E-state index in [0.717, 1.165) is 0 Å². The number of nitrogens with zero attached hydrogens (tertiary/aromatic N) is 3. The number of hydrogen-bond acceptors (Lipinski definition) is 4. The molecule has 0 aromatic heterocycles. The first-order chi connectivity index (χ1) is 10.1. The Hall–Kier alpha value is -3.00. The first kappa shape index (κ1) is 13.0. The normalized spacial score (nSPS) is 19.0. The van der Waals surface area contributed by atoms with E-state index in [1.165, 1.54) is 17.1 Å². The summed E-state index contributed by atoms with van der Waals surface area (Å²) >= 11 is 0. The summed E-state index contributed by atoms with van der Waals surface area (Å²) in [6.07, 6.45) is 6.05. The highest BCUT2D eigenvalue weighted by atomic mass is 16.2. The lowest BCUT2D eigenvalue weighted by Gasteiger charge is -2.28. The molecule has 0 fully saturated rings. The van der Waals surface area contributed by atoms with Crippen molar-refractivity contribution in [1.29, 1.82) is 5.26 Å². The van der Waals surface area contributed by atoms with Crippen LogP contribution in [0.5, 0.6) is 0 Å². The fourth-order valence-electron chi connectivity index (χ4n) is 2.33. The van der Waals surface area contributed by atoms with E-state index in [0.29, 0.717) is 16.8 Å². The smallest absolute Gasteiger partial charge is 0.274 e. The average molecular weight is 277 g/mol. The number of aliphatic imine (C=N–C) groups is 1. The quantitative estimate of drug-likeness (QED) is 0.774. The first-order valence-electron chi connectivity index (χ1n) is 6.37. The van der Waals surface area contributed by atoms with Gasteiger partial charge in [0.05, 0.1) is 11.6 Å². The molecule has 0 saturated carbocycles. The molecule has 0 bridgehead atoms. The summed E-state index contributed by atoms with van der Waals surface area (Å²) in [5, 5.41) is 8.81. The molecule has 0 atom stereocenters. The van der Waals surface area contributed by atoms with Crippen LogP contribution in [0.2, 0.25) is 0 Å². The molecular weight excluding hydrogens is 266 g/mol. The molecule has 0 saturated heterocycles. The van der Waals surface area contributed by atoms with Gasteiger partial charge in [-0.3, -0.25) is 9.59 Å². The fraction of sp³-hybridized carbons (Fsp3) is 0.125. The second-order valence-electron chi connectivity index (χ2n) is 4.87. The largest absolute Gasteiger partial charge is 0.309 e. The molecule has 1 aromatic rings. The summed E-state index contributed by atoms with van der Waals surface area (Å²) in [5.41, 5.74) is 0.580. The van der Waals surface area contributed by atoms with Crippen LogP contribution in [0, 0.1) is 11.3 Å². The van der Waals surface area contributed by atoms with Crippen molar-refractivity contribution in [2.75, 3.05) is 7.05 Å². The van der Waals surface area contributed by atoms with Gasteiger partial charge in [0.15, 0.2) is 11.4 Å². The Balaban J connectivity index is 2.05. The minimum absolute atomic E-state index is 0.122. The zero-order chi connectivity index (χ0) is 15.0. The van der Waals surface area contributed by atoms with Crippen molar-refractivity contribution in [2.45, 2.75) is 5.66 Å². The van der Waals surface area contributed by atoms with E-state index in [2.05, 4.69) is 4.99 Å². The average Bonchev–Trinajstić information content (AvgIpc) is 2.76. The summed E-state index contributed by atoms with van der Waals surface area (Å²) in [5.74, 6) is -0.341. The molecule has 1 spiro atoms. The van der Waals surface area contributed by atoms with Gasteiger partial charge in [0.1, 0.15) is 5.71 Å². The number of hydrogen-bond donors (Lipinski definition) is 0. The van der Waals surface area contributed by atoms with E-state index in [1.54, 1.807) is 43.5 Å². The fourth-order valence-corrected chi connectivity index (χ4v) is 2.33. The standard InChI is InChI=1S/C16H11N3O2/c1-19-15(21)14(12-4-2-11(10-17)3-5-12)18-16(19)8-6-13(20)7-9-16/h2-9H,1H3. The van der Waals surface area contributed by atoms with Gasteiger partial charge in [-0.25, -0.2) is 4.99 Å². The predicted octanol–water partition coefficient (Wildman–Crippen LogP) is 1.21. The molecule has 1 aliphatic heterocycles. The lowest BCUT2D eigenvalue weighted by atomic mass is 10.0. The van der Waals surface area contributed by atoms with Gasteiger partial charge < -0.3 is 4.90 Å². The highest BCUT2D eigenvalue weighted by molar-refractivity contribution is 6.47. The number of carbonyl (C=O) groups is 2. The minimum Gasteiger partial charge on any atom is -0.309 e. The molecule has 1 amide bonds. The van der Waals surface area contributed by atoms with Gasteiger partial charge >= 0.3 is 0 Å². The van der Waals surface area contributed by atoms with Crippen LogP contribution in [0.4, 0.5) is 0 Å². The van der Waals surface area contributed by atoms with Crippen LogP contribution in [0.25, 0.3) is 0 Å². The van der Waals surface area contributed by atoms with Gasteiger partial charge in [0.2, 0.25) is 0 Å². The molecular formula is C16H11N3O2. The predicted molar refractivity (Wildman–Crippen MR) is 76.5 cm³/mol. The maximum Gasteiger partial charge on any atom is 0.274 e. The number of rotatable bonds is 1. The van der Waals surface area contributed by atoms with Gasteiger partial charge in [-0.1, -0.05) is 12.1 Å². The molecule has 2 aliphatic rings. The molecule has 0 radical (unpaired) electrons. The molecule has 21 heavy (non-hydrogen) atoms. The van der Waals surface area contributed by atoms with E-state index in [4.69, 9.17) is 5.26 Å². The van der Waals surface area contributed by atoms with Gasteiger partial charge in [-0.15, -0.1) is 0 Å². The van der Waals surface area contributed by atoms with E-state index in [-0.39, 0.29) is 11.7 Å². The van der Waals surface area contributed by atoms with Gasteiger partial charge in [-0.2, -0.15) is 5.26 Å². The Labute approximate surface area is 121 Å². The Kier molecular flexibility index (Phi) is 2.80. The van der Waals surface area contributed by atoms with Crippen LogP contribution < -0.4 is 0 Å². The summed E-state index contributed by atoms with van der Waals surface area (Å²) in [6.45, 7) is 0. The first-order valence-corrected chi connectivity index (χ1v) is 6.37. The zero-order valence-corrected chi connectivity index (χ0v) is 11.3. The summed E-state index contributed by atoms with van der Waals surface area (Å²) in [6, 6.07) is 8.72. The molecule has 5 nitrogen and oxygen atoms in total. The third kappa shape index (κ3) is 1.98. The Morgan fingerprint density at radius 2 is 1.76 bits per heavy atom. The van der Waals surface area contributed by atoms with Crippen LogP contribution in [0.1, 0.15) is 11.1 Å². The van der Waals surface area contributed by atoms with E-state index in [9.17, 15) is 9.59 Å². The highest BCUT2D eigenvalue weighted by Gasteiger charge is 2.42. The third-order valence-electron chi connectivity index (χ3n) is 3.61. The van der Waals surface area contributed by atoms with Crippen LogP contribution in [-0.2, 0) is 9.59 Å². The van der Waals surface area contributed by atoms with Crippen molar-refractivity contribution in [3.8, 4) is 6.07 Å². The zero-order valence-electron chi connectivity index (χ0n) is 11.3. The van der Waals surface area contributed by atoms with Crippen molar-refractivity contribution in [2.24, 2.45) is 4.99 Å². The van der Waals surface area contributed by atoms with Crippen molar-refractivity contribution < 1.29 is 9.59 Å². The number of amides is 1. The van der Waals surface area contributed by atoms with Crippen LogP contribution in [0.15, 0.2) is 53.6 Å². The molecule has 1 aliphatic carbocycles. The van der Waals surface area contributed by atoms with E-state index < -0.39 is 5.66 Å². The van der Waals surface area contributed by atoms with E-state index >= 15 is 0 Å². The topological polar surface area (TPSA) is 73.5 Å². The molecule has 0 unspecified atom stereocenters. The van der Waals surface area contributed by atoms with Gasteiger partial charge in [-0.05, 0) is 36.4 Å². The van der Waals surface area contributed by atoms with Gasteiger partial charge in [0, 0.05) is 12.6 Å². The van der Waals surface area contributed by atoms with Crippen molar-refractivity contribution in [1.82, 2.24) is 4.90 Å². The molecule has 0 N–H and O–H groups in total. The summed E-state index contributed by atoms with van der Waals surface area (Å²) < 4.78 is 0. The lowest BCUT2D eigenvalue weighted by Crippen LogP contribution is -2.42. The highest BCUT2D eigenvalue weighted by Crippen LogP contribution is 2.30. The monoisotopic (exact) mass is 277 g/mol. The number of allylic oxidation sites excluding steroid dienone is 2. The second kappa shape index (κ2) is 4.53. The Morgan fingerprint density at radius 1 is 1.14 bits per heavy atom. The number of benzene rings is 1. The van der Waals surface area contributed by atoms with E-state index in [1.807, 2.05) is 6.07 Å². The molecule has 1 heterocycles. The number of nitriles is 1. The third-order valence-corrected chi connectivity index (χ3v) is 3.61. The van der Waals surface area contributed by atoms with Crippen LogP contribution >= 0.6 is 0 Å². The van der Waals surface area contributed by atoms with Crippen molar-refractivity contribution in [3.05, 3.63) is 59.7 Å². The summed E-state index contributed by atoms with van der Waals surface area (Å²) in [7, 11) is 1.65. The maximum absolute atomic E-state index is 12.4. The van der Waals surface area contributed by atoms with Crippen LogP contribution in [0.3, 0.4) is 0 Å². The minimum atomic E-state index is -0.922. The molecule has 1 aromatic carbocycles. The number of ketones is 1. The molecule has 5 heteroatoms. The molecule has 3 rings (SSSR count). The summed E-state index contributed by atoms with van der Waals surface area (Å²) in [4.78, 5) is 29.6. The van der Waals surface area contributed by atoms with Crippen molar-refractivity contribution in [3.63, 3.8) is 0 Å². The maximum atomic E-state index is 12.4. The van der Waals surface area contributed by atoms with Gasteiger partial charge in [0.25, 0.3) is 5.91 Å². The van der Waals surface area contributed by atoms with Crippen LogP contribution in [-0.4, -0.2) is 35.0 Å². The SMILES string of the molecule is CN1C(=O)C(c2ccc(C#N)cc2)=NC12C=CC(=O)C=C2. The second-order valence-corrected chi connectivity index (χ2v) is 4.87. The number of carbonyl (C=O) groups excluding carboxylic acids is 2. The Morgan fingerprint density at radius 3 is 2.33 bits per heavy atom. The lowest BCUT2D eigenvalue weighted by molar-refractivity contribution is -0.124. The Bertz CT molecular complexity index is 748.